The van der Waals surface area contributed by atoms with E-state index in [1.807, 2.05) is 23.9 Å². The van der Waals surface area contributed by atoms with Crippen molar-refractivity contribution in [1.82, 2.24) is 0 Å². The predicted molar refractivity (Wildman–Crippen MR) is 75.4 cm³/mol. The zero-order valence-electron chi connectivity index (χ0n) is 11.8. The van der Waals surface area contributed by atoms with Crippen molar-refractivity contribution in [2.24, 2.45) is 0 Å². The average molecular weight is 286 g/mol. The second-order valence-electron chi connectivity index (χ2n) is 4.64. The molecule has 108 valence electrons. The smallest absolute Gasteiger partial charge is 0.336 e. The Morgan fingerprint density at radius 3 is 2.57 bits per heavy atom. The molecule has 0 unspecified atom stereocenters. The molecule has 21 heavy (non-hydrogen) atoms. The Kier molecular flexibility index (Phi) is 4.00. The summed E-state index contributed by atoms with van der Waals surface area (Å²) in [6.07, 6.45) is 3.68. The summed E-state index contributed by atoms with van der Waals surface area (Å²) in [5.41, 5.74) is 0.849. The number of nitrogens with zero attached hydrogens (tertiary/aromatic N) is 1. The lowest BCUT2D eigenvalue weighted by molar-refractivity contribution is -0.693. The number of pyridine rings is 1. The summed E-state index contributed by atoms with van der Waals surface area (Å²) in [6.45, 7) is 4.32. The first-order valence-corrected chi connectivity index (χ1v) is 6.49. The molecule has 0 radical (unpaired) electrons. The summed E-state index contributed by atoms with van der Waals surface area (Å²) in [5, 5.41) is 24.6. The fourth-order valence-corrected chi connectivity index (χ4v) is 2.35. The summed E-state index contributed by atoms with van der Waals surface area (Å²) in [5.74, 6) is 0.252. The molecule has 1 aliphatic heterocycles. The maximum absolute atomic E-state index is 11.5. The third-order valence-electron chi connectivity index (χ3n) is 3.44. The third-order valence-corrected chi connectivity index (χ3v) is 3.44. The first-order chi connectivity index (χ1) is 9.99. The number of nitrogens with one attached hydrogen (secondary N) is 2. The van der Waals surface area contributed by atoms with Crippen LogP contribution in [0.3, 0.4) is 0 Å². The quantitative estimate of drug-likeness (QED) is 0.581. The van der Waals surface area contributed by atoms with Crippen molar-refractivity contribution in [3.63, 3.8) is 0 Å². The summed E-state index contributed by atoms with van der Waals surface area (Å²) in [4.78, 5) is 11.5. The number of aliphatic carboxylic acids is 1. The van der Waals surface area contributed by atoms with Crippen LogP contribution in [0.5, 0.6) is 0 Å². The molecule has 0 amide bonds. The van der Waals surface area contributed by atoms with Crippen LogP contribution in [0.1, 0.15) is 25.3 Å². The van der Waals surface area contributed by atoms with Crippen LogP contribution in [0.25, 0.3) is 0 Å². The zero-order chi connectivity index (χ0) is 15.6. The van der Waals surface area contributed by atoms with Crippen molar-refractivity contribution in [3.05, 3.63) is 47.0 Å². The molecule has 0 fully saturated rings. The van der Waals surface area contributed by atoms with E-state index < -0.39 is 11.9 Å². The van der Waals surface area contributed by atoms with Gasteiger partial charge in [-0.25, -0.2) is 9.36 Å². The number of hydrogen-bond acceptors (Lipinski definition) is 4. The number of allylic oxidation sites excluding steroid dienone is 1. The van der Waals surface area contributed by atoms with Crippen LogP contribution >= 0.6 is 0 Å². The highest BCUT2D eigenvalue weighted by Crippen LogP contribution is 2.37. The molecule has 1 atom stereocenters. The topological polar surface area (TPSA) is 98.1 Å². The van der Waals surface area contributed by atoms with Gasteiger partial charge < -0.3 is 9.84 Å². The van der Waals surface area contributed by atoms with Gasteiger partial charge >= 0.3 is 5.97 Å². The van der Waals surface area contributed by atoms with E-state index in [-0.39, 0.29) is 22.8 Å². The summed E-state index contributed by atoms with van der Waals surface area (Å²) in [6, 6.07) is 3.58. The molecule has 1 aliphatic rings. The first kappa shape index (κ1) is 14.7. The van der Waals surface area contributed by atoms with Crippen molar-refractivity contribution in [1.29, 1.82) is 10.8 Å². The number of carbonyl (C=O) groups is 1. The van der Waals surface area contributed by atoms with Crippen LogP contribution in [0, 0.1) is 10.8 Å². The van der Waals surface area contributed by atoms with E-state index in [9.17, 15) is 9.90 Å². The fraction of sp³-hybridized carbons (Fsp3) is 0.267. The van der Waals surface area contributed by atoms with Crippen LogP contribution in [0.15, 0.2) is 41.4 Å². The lowest BCUT2D eigenvalue weighted by atomic mass is 9.83. The molecule has 0 aromatic carbocycles. The third kappa shape index (κ3) is 2.61. The normalized spacial score (nSPS) is 18.3. The number of rotatable bonds is 3. The Hall–Kier alpha value is -2.72. The fourth-order valence-electron chi connectivity index (χ4n) is 2.35. The molecule has 0 aliphatic carbocycles. The molecule has 2 rings (SSSR count). The van der Waals surface area contributed by atoms with E-state index in [0.717, 1.165) is 6.54 Å². The van der Waals surface area contributed by atoms with E-state index >= 15 is 0 Å². The van der Waals surface area contributed by atoms with Crippen molar-refractivity contribution >= 4 is 17.7 Å². The van der Waals surface area contributed by atoms with E-state index in [1.54, 1.807) is 12.1 Å². The Labute approximate surface area is 122 Å². The van der Waals surface area contributed by atoms with Gasteiger partial charge in [-0.1, -0.05) is 0 Å². The number of carboxylic acids is 1. The molecule has 0 bridgehead atoms. The summed E-state index contributed by atoms with van der Waals surface area (Å²) >= 11 is 0. The molecule has 0 saturated carbocycles. The van der Waals surface area contributed by atoms with Crippen molar-refractivity contribution < 1.29 is 19.2 Å². The van der Waals surface area contributed by atoms with E-state index in [4.69, 9.17) is 15.6 Å². The predicted octanol–water partition coefficient (Wildman–Crippen LogP) is 1.62. The number of carboxylic acid groups (broad SMARTS) is 1. The molecule has 6 heteroatoms. The highest BCUT2D eigenvalue weighted by molar-refractivity contribution is 6.07. The van der Waals surface area contributed by atoms with Gasteiger partial charge in [0.05, 0.1) is 17.1 Å². The lowest BCUT2D eigenvalue weighted by Crippen LogP contribution is -2.32. The molecular formula is C15H16N3O3+. The van der Waals surface area contributed by atoms with Gasteiger partial charge in [0.25, 0.3) is 0 Å². The number of hydrogen-bond donors (Lipinski definition) is 3. The minimum atomic E-state index is -1.12. The number of aromatic nitrogens is 1. The standard InChI is InChI=1S/C15H15N3O3/c1-3-18-6-4-10(5-7-18)13-11(8-16)14(17)21-9(2)12(13)15(19)20/h4-7,13,16-17H,3H2,1-2H3/p+1/t13-/m0/s1. The van der Waals surface area contributed by atoms with Gasteiger partial charge in [0, 0.05) is 12.1 Å². The van der Waals surface area contributed by atoms with Crippen molar-refractivity contribution in [2.75, 3.05) is 0 Å². The van der Waals surface area contributed by atoms with Gasteiger partial charge in [-0.05, 0) is 25.3 Å². The van der Waals surface area contributed by atoms with Gasteiger partial charge in [-0.3, -0.25) is 10.8 Å². The van der Waals surface area contributed by atoms with Gasteiger partial charge in [0.15, 0.2) is 12.4 Å². The van der Waals surface area contributed by atoms with Crippen LogP contribution in [-0.4, -0.2) is 22.8 Å². The average Bonchev–Trinajstić information content (AvgIpc) is 2.46. The molecule has 0 saturated heterocycles. The minimum absolute atomic E-state index is 0.0370. The highest BCUT2D eigenvalue weighted by Gasteiger charge is 2.36. The molecule has 1 aromatic rings. The first-order valence-electron chi connectivity index (χ1n) is 6.49. The monoisotopic (exact) mass is 286 g/mol. The summed E-state index contributed by atoms with van der Waals surface area (Å²) in [7, 11) is 0. The van der Waals surface area contributed by atoms with Gasteiger partial charge in [0.2, 0.25) is 5.90 Å². The number of aryl methyl sites for hydroxylation is 1. The van der Waals surface area contributed by atoms with Gasteiger partial charge in [-0.2, -0.15) is 0 Å². The number of ether oxygens (including phenoxy) is 1. The Balaban J connectivity index is 2.62. The molecule has 0 spiro atoms. The van der Waals surface area contributed by atoms with Crippen molar-refractivity contribution in [3.8, 4) is 0 Å². The Bertz CT molecular complexity index is 683. The maximum atomic E-state index is 11.5. The largest absolute Gasteiger partial charge is 0.478 e. The zero-order valence-corrected chi connectivity index (χ0v) is 11.8. The Morgan fingerprint density at radius 2 is 2.10 bits per heavy atom. The lowest BCUT2D eigenvalue weighted by Gasteiger charge is -2.26. The molecule has 3 N–H and O–H groups in total. The van der Waals surface area contributed by atoms with E-state index in [1.165, 1.54) is 6.92 Å². The molecule has 6 nitrogen and oxygen atoms in total. The van der Waals surface area contributed by atoms with Crippen LogP contribution in [-0.2, 0) is 16.1 Å². The van der Waals surface area contributed by atoms with Crippen LogP contribution in [0.2, 0.25) is 0 Å². The van der Waals surface area contributed by atoms with Crippen LogP contribution < -0.4 is 4.57 Å². The Morgan fingerprint density at radius 1 is 1.48 bits per heavy atom. The second-order valence-corrected chi connectivity index (χ2v) is 4.64. The van der Waals surface area contributed by atoms with E-state index in [2.05, 4.69) is 5.87 Å². The molecule has 1 aromatic heterocycles. The molecule has 2 heterocycles. The van der Waals surface area contributed by atoms with Crippen LogP contribution in [0.4, 0.5) is 0 Å². The highest BCUT2D eigenvalue weighted by atomic mass is 16.5. The minimum Gasteiger partial charge on any atom is -0.478 e. The second kappa shape index (κ2) is 5.73. The SMILES string of the molecule is CC[n+]1ccc([C@H]2C(=C=N)C(=N)OC(C)=C2C(=O)O)cc1. The summed E-state index contributed by atoms with van der Waals surface area (Å²) < 4.78 is 7.06. The van der Waals surface area contributed by atoms with Gasteiger partial charge in [0.1, 0.15) is 12.3 Å². The van der Waals surface area contributed by atoms with Gasteiger partial charge in [-0.15, -0.1) is 0 Å². The van der Waals surface area contributed by atoms with Crippen molar-refractivity contribution in [2.45, 2.75) is 26.3 Å². The van der Waals surface area contributed by atoms with E-state index in [0.29, 0.717) is 5.56 Å². The molecular weight excluding hydrogens is 270 g/mol. The maximum Gasteiger partial charge on any atom is 0.336 e.